The van der Waals surface area contributed by atoms with E-state index in [1.165, 1.54) is 17.5 Å². The standard InChI is InChI=1S/C24H29N7O2S/c1-3-4-14-11-19(30-24-20(14)21(25)22(34-24)23(26)33)31-9-7-15(8-10-31)28-13-18(32)17-6-5-16(27-2)12-29-17/h5-6,11-12,15,18,28,32H,3-4,7-10,13,25H2,1H3,(H2,26,33). The lowest BCUT2D eigenvalue weighted by atomic mass is 10.0. The molecular weight excluding hydrogens is 450 g/mol. The fourth-order valence-corrected chi connectivity index (χ4v) is 5.34. The second kappa shape index (κ2) is 10.3. The number of carbonyl (C=O) groups is 1. The van der Waals surface area contributed by atoms with Crippen molar-refractivity contribution in [3.05, 3.63) is 51.9 Å². The molecule has 6 N–H and O–H groups in total. The average Bonchev–Trinajstić information content (AvgIpc) is 3.20. The van der Waals surface area contributed by atoms with E-state index in [9.17, 15) is 9.90 Å². The molecule has 4 rings (SSSR count). The molecule has 1 unspecified atom stereocenters. The molecule has 0 aliphatic carbocycles. The summed E-state index contributed by atoms with van der Waals surface area (Å²) in [5, 5.41) is 14.7. The van der Waals surface area contributed by atoms with Crippen molar-refractivity contribution in [2.24, 2.45) is 5.73 Å². The fourth-order valence-electron chi connectivity index (χ4n) is 4.35. The number of nitrogen functional groups attached to an aromatic ring is 1. The number of thiophene rings is 1. The molecule has 1 fully saturated rings. The molecule has 1 atom stereocenters. The second-order valence-electron chi connectivity index (χ2n) is 8.52. The van der Waals surface area contributed by atoms with E-state index in [1.807, 2.05) is 0 Å². The molecular formula is C24H29N7O2S. The maximum atomic E-state index is 11.8. The van der Waals surface area contributed by atoms with Gasteiger partial charge in [0.1, 0.15) is 21.6 Å². The first-order chi connectivity index (χ1) is 16.4. The number of nitrogens with two attached hydrogens (primary N) is 2. The summed E-state index contributed by atoms with van der Waals surface area (Å²) >= 11 is 1.26. The Morgan fingerprint density at radius 1 is 1.41 bits per heavy atom. The van der Waals surface area contributed by atoms with Crippen LogP contribution in [0.15, 0.2) is 24.4 Å². The van der Waals surface area contributed by atoms with Crippen LogP contribution >= 0.6 is 11.3 Å². The number of rotatable bonds is 8. The normalized spacial score (nSPS) is 15.4. The predicted octanol–water partition coefficient (Wildman–Crippen LogP) is 3.17. The van der Waals surface area contributed by atoms with Gasteiger partial charge in [-0.15, -0.1) is 11.3 Å². The fraction of sp³-hybridized carbons (Fsp3) is 0.417. The van der Waals surface area contributed by atoms with Crippen molar-refractivity contribution in [3.63, 3.8) is 0 Å². The minimum atomic E-state index is -0.720. The molecule has 9 nitrogen and oxygen atoms in total. The number of anilines is 2. The van der Waals surface area contributed by atoms with Crippen LogP contribution < -0.4 is 21.7 Å². The number of nitrogens with one attached hydrogen (secondary N) is 1. The summed E-state index contributed by atoms with van der Waals surface area (Å²) in [4.78, 5) is 27.5. The molecule has 0 spiro atoms. The van der Waals surface area contributed by atoms with Crippen LogP contribution in [0.2, 0.25) is 0 Å². The van der Waals surface area contributed by atoms with E-state index in [2.05, 4.69) is 33.0 Å². The average molecular weight is 480 g/mol. The zero-order valence-corrected chi connectivity index (χ0v) is 19.9. The molecule has 0 radical (unpaired) electrons. The van der Waals surface area contributed by atoms with Crippen LogP contribution in [0.25, 0.3) is 15.1 Å². The number of aryl methyl sites for hydroxylation is 1. The Labute approximate surface area is 202 Å². The molecule has 4 heterocycles. The molecule has 1 saturated heterocycles. The van der Waals surface area contributed by atoms with Crippen molar-refractivity contribution in [1.82, 2.24) is 15.3 Å². The number of primary amides is 1. The summed E-state index contributed by atoms with van der Waals surface area (Å²) in [6.45, 7) is 11.2. The minimum Gasteiger partial charge on any atom is -0.397 e. The molecule has 1 amide bonds. The van der Waals surface area contributed by atoms with Gasteiger partial charge in [0, 0.05) is 37.3 Å². The number of hydrogen-bond acceptors (Lipinski definition) is 8. The topological polar surface area (TPSA) is 135 Å². The van der Waals surface area contributed by atoms with Crippen LogP contribution in [-0.4, -0.2) is 46.7 Å². The Bertz CT molecular complexity index is 1210. The third-order valence-electron chi connectivity index (χ3n) is 6.17. The van der Waals surface area contributed by atoms with Gasteiger partial charge in [-0.3, -0.25) is 9.78 Å². The van der Waals surface area contributed by atoms with Gasteiger partial charge in [0.15, 0.2) is 0 Å². The van der Waals surface area contributed by atoms with E-state index >= 15 is 0 Å². The third-order valence-corrected chi connectivity index (χ3v) is 7.28. The Hall–Kier alpha value is -3.26. The number of carbonyl (C=O) groups excluding carboxylic acids is 1. The van der Waals surface area contributed by atoms with E-state index in [1.54, 1.807) is 12.1 Å². The Kier molecular flexibility index (Phi) is 7.26. The van der Waals surface area contributed by atoms with Gasteiger partial charge in [-0.05, 0) is 37.0 Å². The highest BCUT2D eigenvalue weighted by Crippen LogP contribution is 2.37. The highest BCUT2D eigenvalue weighted by atomic mass is 32.1. The van der Waals surface area contributed by atoms with Crippen LogP contribution in [-0.2, 0) is 6.42 Å². The van der Waals surface area contributed by atoms with E-state index in [4.69, 9.17) is 23.0 Å². The quantitative estimate of drug-likeness (QED) is 0.365. The lowest BCUT2D eigenvalue weighted by Gasteiger charge is -2.34. The highest BCUT2D eigenvalue weighted by Gasteiger charge is 2.24. The minimum absolute atomic E-state index is 0.283. The van der Waals surface area contributed by atoms with Crippen LogP contribution in [0.1, 0.15) is 53.2 Å². The van der Waals surface area contributed by atoms with Gasteiger partial charge >= 0.3 is 0 Å². The van der Waals surface area contributed by atoms with Gasteiger partial charge in [0.25, 0.3) is 5.91 Å². The van der Waals surface area contributed by atoms with Gasteiger partial charge in [0.2, 0.25) is 5.69 Å². The largest absolute Gasteiger partial charge is 0.397 e. The van der Waals surface area contributed by atoms with Gasteiger partial charge in [-0.2, -0.15) is 0 Å². The summed E-state index contributed by atoms with van der Waals surface area (Å²) in [5.74, 6) is 0.381. The smallest absolute Gasteiger partial charge is 0.260 e. The van der Waals surface area contributed by atoms with Crippen molar-refractivity contribution < 1.29 is 9.90 Å². The first-order valence-electron chi connectivity index (χ1n) is 11.4. The molecule has 1 aliphatic heterocycles. The summed E-state index contributed by atoms with van der Waals surface area (Å²) < 4.78 is 0. The number of aromatic nitrogens is 2. The first kappa shape index (κ1) is 23.9. The Morgan fingerprint density at radius 3 is 2.79 bits per heavy atom. The van der Waals surface area contributed by atoms with E-state index in [0.717, 1.165) is 60.4 Å². The second-order valence-corrected chi connectivity index (χ2v) is 9.52. The number of amides is 1. The molecule has 1 aliphatic rings. The summed E-state index contributed by atoms with van der Waals surface area (Å²) in [6.07, 6.45) is 4.41. The van der Waals surface area contributed by atoms with Crippen molar-refractivity contribution >= 4 is 44.7 Å². The molecule has 0 aromatic carbocycles. The molecule has 10 heteroatoms. The maximum absolute atomic E-state index is 11.8. The maximum Gasteiger partial charge on any atom is 0.260 e. The Balaban J connectivity index is 1.40. The van der Waals surface area contributed by atoms with Crippen molar-refractivity contribution in [3.8, 4) is 0 Å². The van der Waals surface area contributed by atoms with Gasteiger partial charge in [-0.1, -0.05) is 19.4 Å². The van der Waals surface area contributed by atoms with E-state index in [-0.39, 0.29) is 6.04 Å². The number of aliphatic hydroxyl groups excluding tert-OH is 1. The van der Waals surface area contributed by atoms with Gasteiger partial charge in [0.05, 0.1) is 18.0 Å². The number of aliphatic hydroxyl groups is 1. The molecule has 178 valence electrons. The highest BCUT2D eigenvalue weighted by molar-refractivity contribution is 7.21. The number of hydrogen-bond donors (Lipinski definition) is 4. The lowest BCUT2D eigenvalue weighted by molar-refractivity contribution is 0.100. The molecule has 3 aromatic rings. The van der Waals surface area contributed by atoms with Crippen LogP contribution in [0.4, 0.5) is 17.2 Å². The van der Waals surface area contributed by atoms with E-state index in [0.29, 0.717) is 28.5 Å². The number of piperidine rings is 1. The summed E-state index contributed by atoms with van der Waals surface area (Å²) in [7, 11) is 0. The summed E-state index contributed by atoms with van der Waals surface area (Å²) in [6, 6.07) is 5.74. The molecule has 0 saturated carbocycles. The molecule has 34 heavy (non-hydrogen) atoms. The molecule has 0 bridgehead atoms. The molecule has 3 aromatic heterocycles. The zero-order valence-electron chi connectivity index (χ0n) is 19.1. The van der Waals surface area contributed by atoms with E-state index < -0.39 is 12.0 Å². The van der Waals surface area contributed by atoms with Crippen molar-refractivity contribution in [2.45, 2.75) is 44.8 Å². The van der Waals surface area contributed by atoms with Gasteiger partial charge in [-0.25, -0.2) is 9.83 Å². The lowest BCUT2D eigenvalue weighted by Crippen LogP contribution is -2.44. The van der Waals surface area contributed by atoms with Crippen molar-refractivity contribution in [1.29, 1.82) is 0 Å². The number of nitrogens with zero attached hydrogens (tertiary/aromatic N) is 4. The first-order valence-corrected chi connectivity index (χ1v) is 12.2. The van der Waals surface area contributed by atoms with Crippen molar-refractivity contribution in [2.75, 3.05) is 30.3 Å². The monoisotopic (exact) mass is 479 g/mol. The number of fused-ring (bicyclic) bond motifs is 1. The third kappa shape index (κ3) is 4.97. The Morgan fingerprint density at radius 2 is 2.18 bits per heavy atom. The van der Waals surface area contributed by atoms with Gasteiger partial charge < -0.3 is 26.8 Å². The number of pyridine rings is 2. The summed E-state index contributed by atoms with van der Waals surface area (Å²) in [5.41, 5.74) is 14.3. The SMILES string of the molecule is [C-]#[N+]c1ccc(C(O)CNC2CCN(c3cc(CCC)c4c(N)c(C(N)=O)sc4n3)CC2)nc1. The van der Waals surface area contributed by atoms with Crippen LogP contribution in [0, 0.1) is 6.57 Å². The van der Waals surface area contributed by atoms with Crippen LogP contribution in [0.3, 0.4) is 0 Å². The predicted molar refractivity (Wildman–Crippen MR) is 135 cm³/mol. The van der Waals surface area contributed by atoms with Crippen LogP contribution in [0.5, 0.6) is 0 Å². The zero-order chi connectivity index (χ0) is 24.2.